The highest BCUT2D eigenvalue weighted by atomic mass is 32.2. The van der Waals surface area contributed by atoms with Gasteiger partial charge in [0.1, 0.15) is 18.7 Å². The van der Waals surface area contributed by atoms with Crippen molar-refractivity contribution in [1.29, 1.82) is 0 Å². The van der Waals surface area contributed by atoms with Crippen molar-refractivity contribution in [2.24, 2.45) is 0 Å². The molecule has 5 nitrogen and oxygen atoms in total. The van der Waals surface area contributed by atoms with E-state index in [1.807, 2.05) is 0 Å². The van der Waals surface area contributed by atoms with Crippen molar-refractivity contribution in [3.8, 4) is 0 Å². The number of hydrogen-bond donors (Lipinski definition) is 1. The molecule has 0 amide bonds. The van der Waals surface area contributed by atoms with E-state index in [1.54, 1.807) is 23.7 Å². The van der Waals surface area contributed by atoms with Crippen molar-refractivity contribution in [3.05, 3.63) is 17.6 Å². The van der Waals surface area contributed by atoms with Gasteiger partial charge in [0.25, 0.3) is 0 Å². The molecule has 15 heavy (non-hydrogen) atoms. The average Bonchev–Trinajstić information content (AvgIpc) is 2.63. The van der Waals surface area contributed by atoms with Crippen LogP contribution in [0.3, 0.4) is 0 Å². The molecule has 0 atom stereocenters. The van der Waals surface area contributed by atoms with E-state index in [2.05, 4.69) is 9.97 Å². The summed E-state index contributed by atoms with van der Waals surface area (Å²) in [6, 6.07) is 0. The molecule has 1 aliphatic rings. The summed E-state index contributed by atoms with van der Waals surface area (Å²) in [7, 11) is 1.74. The minimum absolute atomic E-state index is 0.0336. The van der Waals surface area contributed by atoms with Crippen molar-refractivity contribution < 1.29 is 9.90 Å². The fourth-order valence-corrected chi connectivity index (χ4v) is 2.61. The van der Waals surface area contributed by atoms with Gasteiger partial charge < -0.3 is 10.0 Å². The number of nitrogens with zero attached hydrogens (tertiary/aromatic N) is 3. The number of aliphatic carboxylic acids is 1. The van der Waals surface area contributed by atoms with Crippen LogP contribution in [0.15, 0.2) is 6.33 Å². The lowest BCUT2D eigenvalue weighted by atomic mass is 10.2. The summed E-state index contributed by atoms with van der Waals surface area (Å²) < 4.78 is 0. The van der Waals surface area contributed by atoms with E-state index in [9.17, 15) is 4.79 Å². The Morgan fingerprint density at radius 3 is 3.13 bits per heavy atom. The van der Waals surface area contributed by atoms with Gasteiger partial charge in [-0.3, -0.25) is 4.79 Å². The summed E-state index contributed by atoms with van der Waals surface area (Å²) in [5.74, 6) is 1.66. The SMILES string of the molecule is CN(CC(=O)O)c1ncnc2c1CSC2. The Morgan fingerprint density at radius 1 is 1.60 bits per heavy atom. The van der Waals surface area contributed by atoms with Crippen LogP contribution in [0.2, 0.25) is 0 Å². The molecule has 80 valence electrons. The van der Waals surface area contributed by atoms with Gasteiger partial charge in [-0.15, -0.1) is 0 Å². The molecular formula is C9H11N3O2S. The summed E-state index contributed by atoms with van der Waals surface area (Å²) in [5.41, 5.74) is 2.11. The van der Waals surface area contributed by atoms with E-state index < -0.39 is 5.97 Å². The van der Waals surface area contributed by atoms with Gasteiger partial charge in [0.05, 0.1) is 5.69 Å². The molecule has 2 heterocycles. The molecule has 0 fully saturated rings. The molecule has 6 heteroatoms. The van der Waals surface area contributed by atoms with Gasteiger partial charge in [0, 0.05) is 24.1 Å². The number of carboxylic acid groups (broad SMARTS) is 1. The Hall–Kier alpha value is -1.30. The molecular weight excluding hydrogens is 214 g/mol. The molecule has 0 bridgehead atoms. The molecule has 0 saturated carbocycles. The third-order valence-corrected chi connectivity index (χ3v) is 3.20. The Balaban J connectivity index is 2.28. The first-order valence-electron chi connectivity index (χ1n) is 4.52. The third-order valence-electron chi connectivity index (χ3n) is 2.23. The second-order valence-electron chi connectivity index (χ2n) is 3.37. The molecule has 2 rings (SSSR count). The zero-order chi connectivity index (χ0) is 10.8. The molecule has 0 aliphatic carbocycles. The monoisotopic (exact) mass is 225 g/mol. The second kappa shape index (κ2) is 4.06. The number of carboxylic acids is 1. The highest BCUT2D eigenvalue weighted by Gasteiger charge is 2.20. The van der Waals surface area contributed by atoms with Crippen molar-refractivity contribution in [2.45, 2.75) is 11.5 Å². The molecule has 0 spiro atoms. The molecule has 0 aromatic carbocycles. The lowest BCUT2D eigenvalue weighted by molar-refractivity contribution is -0.135. The van der Waals surface area contributed by atoms with Gasteiger partial charge in [-0.2, -0.15) is 11.8 Å². The molecule has 0 radical (unpaired) electrons. The predicted octanol–water partition coefficient (Wildman–Crippen LogP) is 0.744. The van der Waals surface area contributed by atoms with Crippen LogP contribution >= 0.6 is 11.8 Å². The molecule has 1 aliphatic heterocycles. The fourth-order valence-electron chi connectivity index (χ4n) is 1.57. The molecule has 1 aromatic rings. The number of thioether (sulfide) groups is 1. The molecule has 0 saturated heterocycles. The summed E-state index contributed by atoms with van der Waals surface area (Å²) >= 11 is 1.78. The van der Waals surface area contributed by atoms with Gasteiger partial charge in [0.2, 0.25) is 0 Å². The van der Waals surface area contributed by atoms with Crippen molar-refractivity contribution >= 4 is 23.5 Å². The van der Waals surface area contributed by atoms with Crippen molar-refractivity contribution in [2.75, 3.05) is 18.5 Å². The van der Waals surface area contributed by atoms with Gasteiger partial charge in [0.15, 0.2) is 0 Å². The maximum atomic E-state index is 10.6. The smallest absolute Gasteiger partial charge is 0.323 e. The van der Waals surface area contributed by atoms with Crippen LogP contribution in [0, 0.1) is 0 Å². The summed E-state index contributed by atoms with van der Waals surface area (Å²) in [5, 5.41) is 8.70. The van der Waals surface area contributed by atoms with E-state index in [0.717, 1.165) is 28.6 Å². The summed E-state index contributed by atoms with van der Waals surface area (Å²) in [4.78, 5) is 20.6. The van der Waals surface area contributed by atoms with Gasteiger partial charge in [-0.05, 0) is 0 Å². The number of carbonyl (C=O) groups is 1. The standard InChI is InChI=1S/C9H11N3O2S/c1-12(2-8(13)14)9-6-3-15-4-7(6)10-5-11-9/h5H,2-4H2,1H3,(H,13,14). The first kappa shape index (κ1) is 10.2. The number of aromatic nitrogens is 2. The van der Waals surface area contributed by atoms with Crippen LogP contribution in [0.25, 0.3) is 0 Å². The normalized spacial score (nSPS) is 13.7. The molecule has 1 N–H and O–H groups in total. The van der Waals surface area contributed by atoms with E-state index in [-0.39, 0.29) is 6.54 Å². The maximum absolute atomic E-state index is 10.6. The largest absolute Gasteiger partial charge is 0.480 e. The second-order valence-corrected chi connectivity index (χ2v) is 4.35. The highest BCUT2D eigenvalue weighted by Crippen LogP contribution is 2.33. The predicted molar refractivity (Wildman–Crippen MR) is 57.9 cm³/mol. The van der Waals surface area contributed by atoms with Crippen LogP contribution in [-0.2, 0) is 16.3 Å². The molecule has 0 unspecified atom stereocenters. The summed E-state index contributed by atoms with van der Waals surface area (Å²) in [6.07, 6.45) is 1.50. The Labute approximate surface area is 91.5 Å². The lowest BCUT2D eigenvalue weighted by Crippen LogP contribution is -2.27. The van der Waals surface area contributed by atoms with Crippen LogP contribution in [0.4, 0.5) is 5.82 Å². The van der Waals surface area contributed by atoms with Gasteiger partial charge in [-0.25, -0.2) is 9.97 Å². The number of likely N-dealkylation sites (N-methyl/N-ethyl adjacent to an activating group) is 1. The minimum atomic E-state index is -0.851. The minimum Gasteiger partial charge on any atom is -0.480 e. The Bertz CT molecular complexity index is 397. The quantitative estimate of drug-likeness (QED) is 0.818. The van der Waals surface area contributed by atoms with E-state index in [0.29, 0.717) is 0 Å². The fraction of sp³-hybridized carbons (Fsp3) is 0.444. The van der Waals surface area contributed by atoms with E-state index >= 15 is 0 Å². The number of fused-ring (bicyclic) bond motifs is 1. The van der Waals surface area contributed by atoms with E-state index in [1.165, 1.54) is 6.33 Å². The first-order chi connectivity index (χ1) is 7.18. The number of rotatable bonds is 3. The lowest BCUT2D eigenvalue weighted by Gasteiger charge is -2.17. The van der Waals surface area contributed by atoms with Crippen LogP contribution in [0.5, 0.6) is 0 Å². The number of hydrogen-bond acceptors (Lipinski definition) is 5. The first-order valence-corrected chi connectivity index (χ1v) is 5.67. The Kier molecular flexibility index (Phi) is 2.77. The third kappa shape index (κ3) is 2.04. The van der Waals surface area contributed by atoms with Gasteiger partial charge in [-0.1, -0.05) is 0 Å². The molecule has 1 aromatic heterocycles. The van der Waals surface area contributed by atoms with Crippen molar-refractivity contribution in [1.82, 2.24) is 9.97 Å². The highest BCUT2D eigenvalue weighted by molar-refractivity contribution is 7.98. The average molecular weight is 225 g/mol. The Morgan fingerprint density at radius 2 is 2.40 bits per heavy atom. The van der Waals surface area contributed by atoms with Crippen LogP contribution < -0.4 is 4.90 Å². The van der Waals surface area contributed by atoms with Gasteiger partial charge >= 0.3 is 5.97 Å². The zero-order valence-corrected chi connectivity index (χ0v) is 9.12. The van der Waals surface area contributed by atoms with Crippen LogP contribution in [-0.4, -0.2) is 34.6 Å². The zero-order valence-electron chi connectivity index (χ0n) is 8.30. The van der Waals surface area contributed by atoms with E-state index in [4.69, 9.17) is 5.11 Å². The topological polar surface area (TPSA) is 66.3 Å². The maximum Gasteiger partial charge on any atom is 0.323 e. The van der Waals surface area contributed by atoms with Crippen LogP contribution in [0.1, 0.15) is 11.3 Å². The summed E-state index contributed by atoms with van der Waals surface area (Å²) in [6.45, 7) is -0.0336. The van der Waals surface area contributed by atoms with Crippen molar-refractivity contribution in [3.63, 3.8) is 0 Å². The number of anilines is 1.